The van der Waals surface area contributed by atoms with Crippen molar-refractivity contribution >= 4 is 0 Å². The SMILES string of the molecule is C[C@]12CCC(OCCN3CCCC3)CC1CC[C@@H]1[C@H]2CC[C@]2(C)C(c3ccoc3)CC[C@@]12O. The van der Waals surface area contributed by atoms with Crippen molar-refractivity contribution in [2.45, 2.75) is 102 Å². The summed E-state index contributed by atoms with van der Waals surface area (Å²) in [6.07, 6.45) is 17.6. The maximum absolute atomic E-state index is 12.4. The van der Waals surface area contributed by atoms with Gasteiger partial charge >= 0.3 is 0 Å². The zero-order valence-corrected chi connectivity index (χ0v) is 20.9. The average molecular weight is 456 g/mol. The van der Waals surface area contributed by atoms with Crippen LogP contribution in [0.1, 0.15) is 96.0 Å². The number of rotatable bonds is 5. The molecule has 5 fully saturated rings. The molecule has 4 saturated carbocycles. The van der Waals surface area contributed by atoms with Crippen LogP contribution in [-0.2, 0) is 4.74 Å². The highest BCUT2D eigenvalue weighted by molar-refractivity contribution is 5.26. The molecule has 4 nitrogen and oxygen atoms in total. The molecule has 0 aromatic carbocycles. The van der Waals surface area contributed by atoms with Gasteiger partial charge in [0.15, 0.2) is 0 Å². The van der Waals surface area contributed by atoms with E-state index in [1.54, 1.807) is 6.26 Å². The van der Waals surface area contributed by atoms with Gasteiger partial charge in [-0.1, -0.05) is 13.8 Å². The van der Waals surface area contributed by atoms with Crippen LogP contribution < -0.4 is 0 Å². The fourth-order valence-corrected chi connectivity index (χ4v) is 9.70. The fraction of sp³-hybridized carbons (Fsp3) is 0.862. The van der Waals surface area contributed by atoms with Crippen LogP contribution in [-0.4, -0.2) is 48.0 Å². The standard InChI is InChI=1S/C29H45NO3/c1-27-11-7-23(33-18-16-30-14-3-4-15-30)19-22(27)5-6-26-25(27)8-12-28(2)24(9-13-29(26,28)31)21-10-17-32-20-21/h10,17,20,22-26,31H,3-9,11-16,18-19H2,1-2H3/t22?,23?,24?,25-,26-,27+,28-,29-/m1/s1. The van der Waals surface area contributed by atoms with Crippen LogP contribution in [0.15, 0.2) is 23.0 Å². The predicted molar refractivity (Wildman–Crippen MR) is 130 cm³/mol. The number of fused-ring (bicyclic) bond motifs is 5. The summed E-state index contributed by atoms with van der Waals surface area (Å²) in [5, 5.41) is 12.4. The fourth-order valence-electron chi connectivity index (χ4n) is 9.70. The lowest BCUT2D eigenvalue weighted by Crippen LogP contribution is -2.62. The molecule has 1 aliphatic heterocycles. The predicted octanol–water partition coefficient (Wildman–Crippen LogP) is 6.00. The van der Waals surface area contributed by atoms with E-state index in [1.807, 2.05) is 6.26 Å². The first-order valence-corrected chi connectivity index (χ1v) is 14.0. The lowest BCUT2D eigenvalue weighted by atomic mass is 9.43. The topological polar surface area (TPSA) is 45.8 Å². The Hall–Kier alpha value is -0.840. The van der Waals surface area contributed by atoms with Gasteiger partial charge in [0.05, 0.1) is 30.8 Å². The molecule has 0 spiro atoms. The van der Waals surface area contributed by atoms with E-state index < -0.39 is 5.60 Å². The van der Waals surface area contributed by atoms with Crippen LogP contribution >= 0.6 is 0 Å². The molecule has 4 aliphatic carbocycles. The van der Waals surface area contributed by atoms with Gasteiger partial charge in [-0.2, -0.15) is 0 Å². The van der Waals surface area contributed by atoms with Crippen LogP contribution in [0.2, 0.25) is 0 Å². The molecular weight excluding hydrogens is 410 g/mol. The Morgan fingerprint density at radius 1 is 1.03 bits per heavy atom. The minimum atomic E-state index is -0.519. The third kappa shape index (κ3) is 3.49. The largest absolute Gasteiger partial charge is 0.472 e. The molecule has 33 heavy (non-hydrogen) atoms. The molecule has 5 aliphatic rings. The first-order chi connectivity index (χ1) is 15.9. The van der Waals surface area contributed by atoms with Crippen LogP contribution in [0.5, 0.6) is 0 Å². The third-order valence-corrected chi connectivity index (χ3v) is 11.7. The van der Waals surface area contributed by atoms with Crippen molar-refractivity contribution in [3.63, 3.8) is 0 Å². The van der Waals surface area contributed by atoms with Gasteiger partial charge in [0.2, 0.25) is 0 Å². The Morgan fingerprint density at radius 3 is 2.67 bits per heavy atom. The third-order valence-electron chi connectivity index (χ3n) is 11.7. The highest BCUT2D eigenvalue weighted by Gasteiger charge is 2.67. The molecule has 1 saturated heterocycles. The van der Waals surface area contributed by atoms with E-state index in [0.717, 1.165) is 38.3 Å². The summed E-state index contributed by atoms with van der Waals surface area (Å²) in [7, 11) is 0. The van der Waals surface area contributed by atoms with Gasteiger partial charge < -0.3 is 19.2 Å². The van der Waals surface area contributed by atoms with Crippen LogP contribution in [0.3, 0.4) is 0 Å². The number of likely N-dealkylation sites (tertiary alicyclic amines) is 1. The molecule has 2 heterocycles. The van der Waals surface area contributed by atoms with Crippen molar-refractivity contribution in [2.75, 3.05) is 26.2 Å². The monoisotopic (exact) mass is 455 g/mol. The summed E-state index contributed by atoms with van der Waals surface area (Å²) in [5.74, 6) is 2.33. The van der Waals surface area contributed by atoms with Crippen molar-refractivity contribution < 1.29 is 14.3 Å². The number of aliphatic hydroxyl groups is 1. The molecule has 1 aromatic heterocycles. The van der Waals surface area contributed by atoms with Gasteiger partial charge in [0, 0.05) is 12.0 Å². The normalized spacial score (nSPS) is 47.8. The number of furan rings is 1. The molecule has 0 bridgehead atoms. The van der Waals surface area contributed by atoms with E-state index >= 15 is 0 Å². The highest BCUT2D eigenvalue weighted by Crippen LogP contribution is 2.70. The first-order valence-electron chi connectivity index (χ1n) is 14.0. The summed E-state index contributed by atoms with van der Waals surface area (Å²) >= 11 is 0. The van der Waals surface area contributed by atoms with E-state index in [0.29, 0.717) is 29.3 Å². The lowest BCUT2D eigenvalue weighted by molar-refractivity contribution is -0.207. The van der Waals surface area contributed by atoms with Crippen LogP contribution in [0.25, 0.3) is 0 Å². The van der Waals surface area contributed by atoms with Crippen molar-refractivity contribution in [2.24, 2.45) is 28.6 Å². The molecule has 6 rings (SSSR count). The highest BCUT2D eigenvalue weighted by atomic mass is 16.5. The van der Waals surface area contributed by atoms with Crippen LogP contribution in [0.4, 0.5) is 0 Å². The Balaban J connectivity index is 1.14. The minimum absolute atomic E-state index is 0.0167. The Kier molecular flexibility index (Phi) is 5.74. The number of ether oxygens (including phenoxy) is 1. The van der Waals surface area contributed by atoms with Crippen molar-refractivity contribution in [1.82, 2.24) is 4.90 Å². The zero-order valence-electron chi connectivity index (χ0n) is 20.9. The summed E-state index contributed by atoms with van der Waals surface area (Å²) in [6.45, 7) is 9.54. The number of hydrogen-bond acceptors (Lipinski definition) is 4. The van der Waals surface area contributed by atoms with Crippen molar-refractivity contribution in [1.29, 1.82) is 0 Å². The second-order valence-electron chi connectivity index (χ2n) is 12.8. The molecule has 8 atom stereocenters. The molecule has 4 heteroatoms. The summed E-state index contributed by atoms with van der Waals surface area (Å²) in [4.78, 5) is 2.57. The van der Waals surface area contributed by atoms with E-state index in [4.69, 9.17) is 9.15 Å². The maximum Gasteiger partial charge on any atom is 0.0937 e. The summed E-state index contributed by atoms with van der Waals surface area (Å²) in [6, 6.07) is 2.14. The van der Waals surface area contributed by atoms with Crippen molar-refractivity contribution in [3.8, 4) is 0 Å². The molecule has 184 valence electrons. The molecular formula is C29H45NO3. The van der Waals surface area contributed by atoms with E-state index in [-0.39, 0.29) is 5.41 Å². The first kappa shape index (κ1) is 22.6. The van der Waals surface area contributed by atoms with Gasteiger partial charge in [-0.05, 0) is 124 Å². The molecule has 0 amide bonds. The molecule has 1 N–H and O–H groups in total. The van der Waals surface area contributed by atoms with Gasteiger partial charge in [0.1, 0.15) is 0 Å². The minimum Gasteiger partial charge on any atom is -0.472 e. The Morgan fingerprint density at radius 2 is 1.88 bits per heavy atom. The summed E-state index contributed by atoms with van der Waals surface area (Å²) in [5.41, 5.74) is 1.15. The van der Waals surface area contributed by atoms with Crippen LogP contribution in [0, 0.1) is 28.6 Å². The number of hydrogen-bond donors (Lipinski definition) is 1. The second kappa shape index (κ2) is 8.38. The van der Waals surface area contributed by atoms with Gasteiger partial charge in [-0.15, -0.1) is 0 Å². The molecule has 0 radical (unpaired) electrons. The Labute approximate surface area is 200 Å². The number of nitrogens with zero attached hydrogens (tertiary/aromatic N) is 1. The summed E-state index contributed by atoms with van der Waals surface area (Å²) < 4.78 is 11.9. The quantitative estimate of drug-likeness (QED) is 0.591. The van der Waals surface area contributed by atoms with E-state index in [1.165, 1.54) is 70.0 Å². The lowest BCUT2D eigenvalue weighted by Gasteiger charge is -2.63. The molecule has 1 aromatic rings. The molecule has 3 unspecified atom stereocenters. The second-order valence-corrected chi connectivity index (χ2v) is 12.8. The smallest absolute Gasteiger partial charge is 0.0937 e. The van der Waals surface area contributed by atoms with E-state index in [2.05, 4.69) is 24.8 Å². The Bertz CT molecular complexity index is 819. The average Bonchev–Trinajstić information content (AvgIpc) is 3.55. The van der Waals surface area contributed by atoms with Crippen molar-refractivity contribution in [3.05, 3.63) is 24.2 Å². The maximum atomic E-state index is 12.4. The van der Waals surface area contributed by atoms with Gasteiger partial charge in [-0.25, -0.2) is 0 Å². The van der Waals surface area contributed by atoms with E-state index in [9.17, 15) is 5.11 Å². The van der Waals surface area contributed by atoms with Gasteiger partial charge in [-0.3, -0.25) is 0 Å². The zero-order chi connectivity index (χ0) is 22.7. The van der Waals surface area contributed by atoms with Gasteiger partial charge in [0.25, 0.3) is 0 Å².